The van der Waals surface area contributed by atoms with E-state index in [2.05, 4.69) is 22.0 Å². The lowest BCUT2D eigenvalue weighted by Crippen LogP contribution is -2.40. The largest absolute Gasteiger partial charge is 0.381 e. The highest BCUT2D eigenvalue weighted by Crippen LogP contribution is 2.29. The van der Waals surface area contributed by atoms with Gasteiger partial charge in [0.1, 0.15) is 34.7 Å². The first-order valence-corrected chi connectivity index (χ1v) is 11.7. The van der Waals surface area contributed by atoms with Gasteiger partial charge in [-0.3, -0.25) is 9.36 Å². The summed E-state index contributed by atoms with van der Waals surface area (Å²) in [6.07, 6.45) is 9.44. The van der Waals surface area contributed by atoms with Crippen LogP contribution in [0.3, 0.4) is 0 Å². The Morgan fingerprint density at radius 3 is 2.70 bits per heavy atom. The molecule has 0 aliphatic rings. The van der Waals surface area contributed by atoms with Gasteiger partial charge in [-0.1, -0.05) is 32.3 Å². The molecule has 1 N–H and O–H groups in total. The van der Waals surface area contributed by atoms with Crippen LogP contribution in [0.2, 0.25) is 0 Å². The second-order valence-corrected chi connectivity index (χ2v) is 9.28. The van der Waals surface area contributed by atoms with E-state index in [4.69, 9.17) is 0 Å². The number of thiophene rings is 1. The Hall–Kier alpha value is -2.98. The molecule has 0 bridgehead atoms. The maximum atomic E-state index is 14.7. The van der Waals surface area contributed by atoms with Crippen LogP contribution in [-0.2, 0) is 25.1 Å². The quantitative estimate of drug-likeness (QED) is 0.352. The Balaban J connectivity index is 1.67. The number of hydrogen-bond acceptors (Lipinski definition) is 6. The molecule has 174 valence electrons. The van der Waals surface area contributed by atoms with E-state index in [1.165, 1.54) is 52.1 Å². The van der Waals surface area contributed by atoms with E-state index in [0.717, 1.165) is 36.6 Å². The fraction of sp³-hybridized carbons (Fsp3) is 0.391. The molecule has 0 amide bonds. The summed E-state index contributed by atoms with van der Waals surface area (Å²) in [5, 5.41) is 16.0. The molecule has 0 aliphatic heterocycles. The lowest BCUT2D eigenvalue weighted by atomic mass is 9.92. The van der Waals surface area contributed by atoms with Crippen LogP contribution in [0.4, 0.5) is 8.78 Å². The number of nitrogens with zero attached hydrogens (tertiary/aromatic N) is 5. The van der Waals surface area contributed by atoms with Crippen LogP contribution >= 0.6 is 11.3 Å². The van der Waals surface area contributed by atoms with Crippen molar-refractivity contribution in [3.63, 3.8) is 0 Å². The van der Waals surface area contributed by atoms with Crippen molar-refractivity contribution in [1.29, 1.82) is 0 Å². The number of rotatable bonds is 10. The van der Waals surface area contributed by atoms with Crippen LogP contribution in [-0.4, -0.2) is 29.4 Å². The summed E-state index contributed by atoms with van der Waals surface area (Å²) in [5.41, 5.74) is -2.37. The summed E-state index contributed by atoms with van der Waals surface area (Å²) in [4.78, 5) is 23.2. The zero-order valence-electron chi connectivity index (χ0n) is 18.2. The Labute approximate surface area is 193 Å². The van der Waals surface area contributed by atoms with E-state index in [1.807, 2.05) is 6.07 Å². The zero-order valence-corrected chi connectivity index (χ0v) is 19.1. The molecular weight excluding hydrogens is 448 g/mol. The minimum atomic E-state index is -1.90. The highest BCUT2D eigenvalue weighted by Gasteiger charge is 2.34. The van der Waals surface area contributed by atoms with Crippen molar-refractivity contribution < 1.29 is 13.9 Å². The van der Waals surface area contributed by atoms with Crippen molar-refractivity contribution in [2.45, 2.75) is 57.7 Å². The number of aromatic nitrogens is 5. The highest BCUT2D eigenvalue weighted by molar-refractivity contribution is 7.18. The second-order valence-electron chi connectivity index (χ2n) is 8.17. The number of aryl methyl sites for hydroxylation is 1. The molecule has 0 radical (unpaired) electrons. The summed E-state index contributed by atoms with van der Waals surface area (Å²) in [7, 11) is 0. The highest BCUT2D eigenvalue weighted by atomic mass is 32.1. The summed E-state index contributed by atoms with van der Waals surface area (Å²) in [6.45, 7) is 1.68. The van der Waals surface area contributed by atoms with Crippen molar-refractivity contribution in [3.8, 4) is 0 Å². The Morgan fingerprint density at radius 2 is 1.97 bits per heavy atom. The number of benzene rings is 1. The summed E-state index contributed by atoms with van der Waals surface area (Å²) in [5.74, 6) is -1.67. The maximum absolute atomic E-state index is 14.7. The van der Waals surface area contributed by atoms with E-state index in [1.54, 1.807) is 0 Å². The average Bonchev–Trinajstić information content (AvgIpc) is 3.43. The molecule has 0 fully saturated rings. The summed E-state index contributed by atoms with van der Waals surface area (Å²) in [6, 6.07) is 4.80. The van der Waals surface area contributed by atoms with Crippen LogP contribution in [0.25, 0.3) is 10.2 Å². The molecule has 3 heterocycles. The van der Waals surface area contributed by atoms with Crippen molar-refractivity contribution in [2.24, 2.45) is 0 Å². The van der Waals surface area contributed by atoms with Gasteiger partial charge >= 0.3 is 0 Å². The van der Waals surface area contributed by atoms with Gasteiger partial charge in [0.15, 0.2) is 0 Å². The molecule has 0 saturated carbocycles. The van der Waals surface area contributed by atoms with E-state index >= 15 is 0 Å². The molecule has 10 heteroatoms. The maximum Gasteiger partial charge on any atom is 0.262 e. The SMILES string of the molecule is CCCCCCc1cc2c(=O)n(CC(O)(Cn3cncn3)c3ccc(F)cc3F)cnc2s1. The number of fused-ring (bicyclic) bond motifs is 1. The minimum Gasteiger partial charge on any atom is -0.381 e. The molecule has 0 spiro atoms. The molecule has 1 atom stereocenters. The molecule has 4 rings (SSSR count). The first-order valence-electron chi connectivity index (χ1n) is 10.9. The number of halogens is 2. The van der Waals surface area contributed by atoms with Crippen LogP contribution in [0.1, 0.15) is 43.0 Å². The fourth-order valence-corrected chi connectivity index (χ4v) is 4.95. The topological polar surface area (TPSA) is 85.8 Å². The smallest absolute Gasteiger partial charge is 0.262 e. The third kappa shape index (κ3) is 5.17. The van der Waals surface area contributed by atoms with Crippen LogP contribution in [0.5, 0.6) is 0 Å². The van der Waals surface area contributed by atoms with Gasteiger partial charge in [-0.25, -0.2) is 23.4 Å². The molecule has 1 unspecified atom stereocenters. The van der Waals surface area contributed by atoms with Crippen LogP contribution in [0.15, 0.2) is 48.0 Å². The zero-order chi connectivity index (χ0) is 23.4. The molecule has 0 saturated heterocycles. The third-order valence-electron chi connectivity index (χ3n) is 5.60. The molecule has 33 heavy (non-hydrogen) atoms. The number of hydrogen-bond donors (Lipinski definition) is 1. The van der Waals surface area contributed by atoms with Crippen molar-refractivity contribution >= 4 is 21.6 Å². The predicted molar refractivity (Wildman–Crippen MR) is 122 cm³/mol. The van der Waals surface area contributed by atoms with Crippen molar-refractivity contribution in [3.05, 3.63) is 75.7 Å². The monoisotopic (exact) mass is 473 g/mol. The van der Waals surface area contributed by atoms with Gasteiger partial charge in [0, 0.05) is 16.5 Å². The van der Waals surface area contributed by atoms with Gasteiger partial charge in [-0.05, 0) is 25.0 Å². The van der Waals surface area contributed by atoms with Gasteiger partial charge < -0.3 is 5.11 Å². The second kappa shape index (κ2) is 9.88. The third-order valence-corrected chi connectivity index (χ3v) is 6.70. The minimum absolute atomic E-state index is 0.145. The van der Waals surface area contributed by atoms with E-state index in [-0.39, 0.29) is 24.2 Å². The molecule has 1 aromatic carbocycles. The summed E-state index contributed by atoms with van der Waals surface area (Å²) < 4.78 is 30.8. The molecule has 7 nitrogen and oxygen atoms in total. The fourth-order valence-electron chi connectivity index (χ4n) is 3.92. The van der Waals surface area contributed by atoms with E-state index < -0.39 is 17.2 Å². The Kier molecular flexibility index (Phi) is 6.94. The van der Waals surface area contributed by atoms with Crippen LogP contribution in [0, 0.1) is 11.6 Å². The number of aliphatic hydroxyl groups is 1. The summed E-state index contributed by atoms with van der Waals surface area (Å²) >= 11 is 1.49. The predicted octanol–water partition coefficient (Wildman–Crippen LogP) is 4.04. The van der Waals surface area contributed by atoms with Crippen LogP contribution < -0.4 is 5.56 Å². The first-order chi connectivity index (χ1) is 15.9. The van der Waals surface area contributed by atoms with Crippen molar-refractivity contribution in [1.82, 2.24) is 24.3 Å². The molecule has 3 aromatic heterocycles. The normalized spacial score (nSPS) is 13.5. The molecular formula is C23H25F2N5O2S. The average molecular weight is 474 g/mol. The van der Waals surface area contributed by atoms with E-state index in [9.17, 15) is 18.7 Å². The van der Waals surface area contributed by atoms with Gasteiger partial charge in [-0.2, -0.15) is 5.10 Å². The lowest BCUT2D eigenvalue weighted by molar-refractivity contribution is -0.00640. The Bertz CT molecular complexity index is 1290. The van der Waals surface area contributed by atoms with E-state index in [0.29, 0.717) is 16.3 Å². The van der Waals surface area contributed by atoms with Crippen molar-refractivity contribution in [2.75, 3.05) is 0 Å². The first kappa shape index (κ1) is 23.2. The standard InChI is InChI=1S/C23H25F2N5O2S/c1-2-3-4-5-6-17-10-18-21(33-17)27-15-29(22(18)31)11-23(32,12-30-14-26-13-28-30)19-8-7-16(24)9-20(19)25/h7-10,13-15,32H,2-6,11-12H2,1H3. The number of unbranched alkanes of at least 4 members (excludes halogenated alkanes) is 3. The Morgan fingerprint density at radius 1 is 1.12 bits per heavy atom. The van der Waals surface area contributed by atoms with Gasteiger partial charge in [0.2, 0.25) is 0 Å². The molecule has 0 aliphatic carbocycles. The van der Waals surface area contributed by atoms with Gasteiger partial charge in [0.25, 0.3) is 5.56 Å². The van der Waals surface area contributed by atoms with Gasteiger partial charge in [-0.15, -0.1) is 11.3 Å². The molecule has 4 aromatic rings. The van der Waals surface area contributed by atoms with Gasteiger partial charge in [0.05, 0.1) is 24.8 Å². The lowest BCUT2D eigenvalue weighted by Gasteiger charge is -2.29.